The van der Waals surface area contributed by atoms with Crippen LogP contribution >= 0.6 is 0 Å². The zero-order valence-electron chi connectivity index (χ0n) is 15.7. The van der Waals surface area contributed by atoms with Gasteiger partial charge in [-0.3, -0.25) is 9.88 Å². The minimum atomic E-state index is 0.00262. The molecule has 2 N–H and O–H groups in total. The summed E-state index contributed by atoms with van der Waals surface area (Å²) in [6, 6.07) is 10.3. The molecule has 0 unspecified atom stereocenters. The van der Waals surface area contributed by atoms with Crippen LogP contribution in [0.15, 0.2) is 49.1 Å². The van der Waals surface area contributed by atoms with Crippen molar-refractivity contribution in [1.82, 2.24) is 29.8 Å². The number of H-pyrrole nitrogens is 2. The summed E-state index contributed by atoms with van der Waals surface area (Å²) in [4.78, 5) is 22.9. The molecule has 5 rings (SSSR count). The minimum absolute atomic E-state index is 0.00262. The molecule has 7 heteroatoms. The first-order valence-corrected chi connectivity index (χ1v) is 9.60. The number of aromatic amines is 2. The highest BCUT2D eigenvalue weighted by Gasteiger charge is 2.32. The van der Waals surface area contributed by atoms with Gasteiger partial charge in [-0.1, -0.05) is 6.07 Å². The van der Waals surface area contributed by atoms with Crippen LogP contribution < -0.4 is 4.74 Å². The van der Waals surface area contributed by atoms with Crippen molar-refractivity contribution in [2.45, 2.75) is 25.9 Å². The maximum atomic E-state index is 5.59. The van der Waals surface area contributed by atoms with Crippen LogP contribution in [0.25, 0.3) is 10.9 Å². The molecule has 4 aromatic rings. The number of fused-ring (bicyclic) bond motifs is 2. The van der Waals surface area contributed by atoms with Crippen molar-refractivity contribution < 1.29 is 4.74 Å². The summed E-state index contributed by atoms with van der Waals surface area (Å²) in [5.74, 6) is 1.79. The van der Waals surface area contributed by atoms with E-state index in [1.165, 1.54) is 5.69 Å². The first-order chi connectivity index (χ1) is 13.8. The molecule has 4 heterocycles. The molecule has 0 radical (unpaired) electrons. The second-order valence-corrected chi connectivity index (χ2v) is 6.95. The number of imidazole rings is 2. The van der Waals surface area contributed by atoms with Gasteiger partial charge in [-0.25, -0.2) is 9.97 Å². The second kappa shape index (κ2) is 7.09. The highest BCUT2D eigenvalue weighted by atomic mass is 16.5. The van der Waals surface area contributed by atoms with Gasteiger partial charge in [-0.15, -0.1) is 0 Å². The maximum Gasteiger partial charge on any atom is 0.129 e. The van der Waals surface area contributed by atoms with Crippen LogP contribution in [0.2, 0.25) is 0 Å². The number of hydrogen-bond acceptors (Lipinski definition) is 5. The molecule has 0 aliphatic carbocycles. The lowest BCUT2D eigenvalue weighted by Crippen LogP contribution is -2.36. The lowest BCUT2D eigenvalue weighted by molar-refractivity contribution is 0.192. The average Bonchev–Trinajstić information content (AvgIpc) is 3.40. The van der Waals surface area contributed by atoms with E-state index in [-0.39, 0.29) is 6.04 Å². The summed E-state index contributed by atoms with van der Waals surface area (Å²) in [6.07, 6.45) is 6.36. The smallest absolute Gasteiger partial charge is 0.129 e. The van der Waals surface area contributed by atoms with E-state index >= 15 is 0 Å². The Hall–Kier alpha value is -3.19. The van der Waals surface area contributed by atoms with E-state index in [0.29, 0.717) is 6.61 Å². The number of nitrogens with one attached hydrogen (secondary N) is 2. The number of rotatable bonds is 5. The monoisotopic (exact) mass is 374 g/mol. The number of nitrogens with zero attached hydrogens (tertiary/aromatic N) is 4. The van der Waals surface area contributed by atoms with Gasteiger partial charge < -0.3 is 14.7 Å². The Bertz CT molecular complexity index is 1090. The van der Waals surface area contributed by atoms with Crippen LogP contribution in [-0.2, 0) is 13.0 Å². The summed E-state index contributed by atoms with van der Waals surface area (Å²) in [7, 11) is 0. The van der Waals surface area contributed by atoms with Gasteiger partial charge in [0, 0.05) is 43.0 Å². The van der Waals surface area contributed by atoms with Crippen LogP contribution in [0.3, 0.4) is 0 Å². The van der Waals surface area contributed by atoms with Crippen LogP contribution in [-0.4, -0.2) is 43.0 Å². The second-order valence-electron chi connectivity index (χ2n) is 6.95. The molecule has 0 fully saturated rings. The lowest BCUT2D eigenvalue weighted by atomic mass is 10.0. The molecule has 0 saturated carbocycles. The molecule has 0 saturated heterocycles. The van der Waals surface area contributed by atoms with Crippen molar-refractivity contribution in [3.8, 4) is 5.75 Å². The van der Waals surface area contributed by atoms with Crippen LogP contribution in [0.4, 0.5) is 0 Å². The SMILES string of the molecule is CCOc1ccc2nc(CN3CCc4[nH]cnc4[C@@H]3c3ncc[nH]3)ccc2c1. The Morgan fingerprint density at radius 2 is 2.14 bits per heavy atom. The van der Waals surface area contributed by atoms with E-state index in [0.717, 1.165) is 53.4 Å². The van der Waals surface area contributed by atoms with Crippen molar-refractivity contribution in [3.05, 3.63) is 72.0 Å². The molecule has 28 heavy (non-hydrogen) atoms. The summed E-state index contributed by atoms with van der Waals surface area (Å²) >= 11 is 0. The number of ether oxygens (including phenoxy) is 1. The van der Waals surface area contributed by atoms with Gasteiger partial charge in [0.15, 0.2) is 0 Å². The molecule has 3 aromatic heterocycles. The van der Waals surface area contributed by atoms with Crippen molar-refractivity contribution in [2.24, 2.45) is 0 Å². The topological polar surface area (TPSA) is 82.7 Å². The zero-order chi connectivity index (χ0) is 18.9. The third kappa shape index (κ3) is 3.03. The highest BCUT2D eigenvalue weighted by Crippen LogP contribution is 2.32. The summed E-state index contributed by atoms with van der Waals surface area (Å²) in [6.45, 7) is 4.31. The van der Waals surface area contributed by atoms with Gasteiger partial charge >= 0.3 is 0 Å². The predicted octanol–water partition coefficient (Wildman–Crippen LogP) is 3.23. The van der Waals surface area contributed by atoms with Crippen molar-refractivity contribution >= 4 is 10.9 Å². The number of benzene rings is 1. The zero-order valence-corrected chi connectivity index (χ0v) is 15.7. The fourth-order valence-corrected chi connectivity index (χ4v) is 3.92. The van der Waals surface area contributed by atoms with Gasteiger partial charge in [0.2, 0.25) is 0 Å². The highest BCUT2D eigenvalue weighted by molar-refractivity contribution is 5.80. The fourth-order valence-electron chi connectivity index (χ4n) is 3.92. The minimum Gasteiger partial charge on any atom is -0.494 e. The van der Waals surface area contributed by atoms with E-state index in [2.05, 4.69) is 37.0 Å². The largest absolute Gasteiger partial charge is 0.494 e. The summed E-state index contributed by atoms with van der Waals surface area (Å²) < 4.78 is 5.59. The molecule has 7 nitrogen and oxygen atoms in total. The van der Waals surface area contributed by atoms with Gasteiger partial charge in [-0.2, -0.15) is 0 Å². The molecule has 1 atom stereocenters. The molecule has 0 spiro atoms. The first kappa shape index (κ1) is 16.9. The predicted molar refractivity (Wildman–Crippen MR) is 106 cm³/mol. The Labute approximate surface area is 162 Å². The first-order valence-electron chi connectivity index (χ1n) is 9.60. The summed E-state index contributed by atoms with van der Waals surface area (Å²) in [5, 5.41) is 1.09. The third-order valence-corrected chi connectivity index (χ3v) is 5.20. The number of aromatic nitrogens is 5. The molecule has 0 amide bonds. The fraction of sp³-hybridized carbons (Fsp3) is 0.286. The Balaban J connectivity index is 1.45. The quantitative estimate of drug-likeness (QED) is 0.560. The number of pyridine rings is 1. The van der Waals surface area contributed by atoms with E-state index in [1.807, 2.05) is 31.3 Å². The maximum absolute atomic E-state index is 5.59. The van der Waals surface area contributed by atoms with E-state index in [1.54, 1.807) is 12.5 Å². The van der Waals surface area contributed by atoms with E-state index < -0.39 is 0 Å². The summed E-state index contributed by atoms with van der Waals surface area (Å²) in [5.41, 5.74) is 4.25. The normalized spacial score (nSPS) is 17.0. The molecule has 142 valence electrons. The molecular weight excluding hydrogens is 352 g/mol. The third-order valence-electron chi connectivity index (χ3n) is 5.20. The van der Waals surface area contributed by atoms with Gasteiger partial charge in [0.1, 0.15) is 17.6 Å². The number of hydrogen-bond donors (Lipinski definition) is 2. The van der Waals surface area contributed by atoms with Crippen molar-refractivity contribution in [1.29, 1.82) is 0 Å². The molecule has 0 bridgehead atoms. The Morgan fingerprint density at radius 3 is 3.00 bits per heavy atom. The lowest BCUT2D eigenvalue weighted by Gasteiger charge is -2.33. The van der Waals surface area contributed by atoms with Gasteiger partial charge in [-0.05, 0) is 31.2 Å². The molecule has 1 aliphatic heterocycles. The van der Waals surface area contributed by atoms with Crippen LogP contribution in [0.5, 0.6) is 5.75 Å². The van der Waals surface area contributed by atoms with Gasteiger partial charge in [0.05, 0.1) is 29.8 Å². The van der Waals surface area contributed by atoms with Crippen LogP contribution in [0.1, 0.15) is 35.9 Å². The van der Waals surface area contributed by atoms with Gasteiger partial charge in [0.25, 0.3) is 0 Å². The molecule has 1 aromatic carbocycles. The Kier molecular flexibility index (Phi) is 4.29. The average molecular weight is 374 g/mol. The van der Waals surface area contributed by atoms with E-state index in [4.69, 9.17) is 9.72 Å². The molecule has 1 aliphatic rings. The van der Waals surface area contributed by atoms with Crippen molar-refractivity contribution in [2.75, 3.05) is 13.2 Å². The Morgan fingerprint density at radius 1 is 1.18 bits per heavy atom. The van der Waals surface area contributed by atoms with E-state index in [9.17, 15) is 0 Å². The van der Waals surface area contributed by atoms with Crippen LogP contribution in [0, 0.1) is 0 Å². The standard InChI is InChI=1S/C21H22N6O/c1-2-28-16-5-6-17-14(11-16)3-4-15(26-17)12-27-10-7-18-19(25-13-24-18)20(27)21-22-8-9-23-21/h3-6,8-9,11,13,20H,2,7,10,12H2,1H3,(H,22,23)(H,24,25)/t20-/m1/s1. The van der Waals surface area contributed by atoms with Crippen molar-refractivity contribution in [3.63, 3.8) is 0 Å². The molecular formula is C21H22N6O.